The Kier molecular flexibility index (Phi) is 3.30. The fourth-order valence-electron chi connectivity index (χ4n) is 1.93. The van der Waals surface area contributed by atoms with Gasteiger partial charge in [-0.3, -0.25) is 4.79 Å². The lowest BCUT2D eigenvalue weighted by atomic mass is 10.1. The summed E-state index contributed by atoms with van der Waals surface area (Å²) in [7, 11) is 0. The van der Waals surface area contributed by atoms with Gasteiger partial charge in [0.05, 0.1) is 11.6 Å². The van der Waals surface area contributed by atoms with E-state index in [1.807, 2.05) is 6.07 Å². The standard InChI is InChI=1S/C12H10ClFN2O/c13-5-9-3-12(17)16(7-9)11-2-8(6-15)1-10(14)4-11/h1-2,4,9H,3,5,7H2. The molecule has 0 saturated carbocycles. The monoisotopic (exact) mass is 252 g/mol. The SMILES string of the molecule is N#Cc1cc(F)cc(N2CC(CCl)CC2=O)c1. The molecule has 0 aromatic heterocycles. The van der Waals surface area contributed by atoms with Crippen LogP contribution in [0.3, 0.4) is 0 Å². The minimum absolute atomic E-state index is 0.0786. The number of nitrogens with zero attached hydrogens (tertiary/aromatic N) is 2. The molecular formula is C12H10ClFN2O. The summed E-state index contributed by atoms with van der Waals surface area (Å²) in [5.41, 5.74) is 0.640. The molecule has 0 bridgehead atoms. The molecule has 1 fully saturated rings. The van der Waals surface area contributed by atoms with Crippen molar-refractivity contribution in [1.82, 2.24) is 0 Å². The van der Waals surface area contributed by atoms with Crippen molar-refractivity contribution >= 4 is 23.2 Å². The normalized spacial score (nSPS) is 19.5. The molecule has 1 aromatic rings. The van der Waals surface area contributed by atoms with Crippen LogP contribution >= 0.6 is 11.6 Å². The van der Waals surface area contributed by atoms with Crippen LogP contribution < -0.4 is 4.90 Å². The second-order valence-corrected chi connectivity index (χ2v) is 4.35. The summed E-state index contributed by atoms with van der Waals surface area (Å²) < 4.78 is 13.3. The van der Waals surface area contributed by atoms with E-state index >= 15 is 0 Å². The van der Waals surface area contributed by atoms with Crippen molar-refractivity contribution in [2.45, 2.75) is 6.42 Å². The van der Waals surface area contributed by atoms with Gasteiger partial charge in [0.25, 0.3) is 0 Å². The van der Waals surface area contributed by atoms with Gasteiger partial charge in [0.2, 0.25) is 5.91 Å². The molecule has 1 unspecified atom stereocenters. The molecule has 88 valence electrons. The summed E-state index contributed by atoms with van der Waals surface area (Å²) in [6, 6.07) is 5.78. The van der Waals surface area contributed by atoms with E-state index in [1.165, 1.54) is 17.0 Å². The number of anilines is 1. The Balaban J connectivity index is 2.32. The predicted molar refractivity (Wildman–Crippen MR) is 62.3 cm³/mol. The van der Waals surface area contributed by atoms with Crippen molar-refractivity contribution < 1.29 is 9.18 Å². The number of nitriles is 1. The second-order valence-electron chi connectivity index (χ2n) is 4.04. The summed E-state index contributed by atoms with van der Waals surface area (Å²) in [6.45, 7) is 0.483. The summed E-state index contributed by atoms with van der Waals surface area (Å²) in [6.07, 6.45) is 0.377. The van der Waals surface area contributed by atoms with E-state index in [0.717, 1.165) is 6.07 Å². The molecular weight excluding hydrogens is 243 g/mol. The Morgan fingerprint density at radius 3 is 2.88 bits per heavy atom. The van der Waals surface area contributed by atoms with Gasteiger partial charge in [0, 0.05) is 24.5 Å². The number of amides is 1. The van der Waals surface area contributed by atoms with E-state index in [-0.39, 0.29) is 17.4 Å². The smallest absolute Gasteiger partial charge is 0.227 e. The van der Waals surface area contributed by atoms with E-state index < -0.39 is 5.82 Å². The highest BCUT2D eigenvalue weighted by Crippen LogP contribution is 2.27. The fraction of sp³-hybridized carbons (Fsp3) is 0.333. The van der Waals surface area contributed by atoms with Gasteiger partial charge in [-0.05, 0) is 24.1 Å². The Bertz CT molecular complexity index is 498. The quantitative estimate of drug-likeness (QED) is 0.758. The molecule has 1 aliphatic heterocycles. The van der Waals surface area contributed by atoms with Gasteiger partial charge in [0.1, 0.15) is 5.82 Å². The molecule has 0 aliphatic carbocycles. The summed E-state index contributed by atoms with van der Waals surface area (Å²) >= 11 is 5.71. The minimum Gasteiger partial charge on any atom is -0.312 e. The third-order valence-corrected chi connectivity index (χ3v) is 3.18. The van der Waals surface area contributed by atoms with Crippen LogP contribution in [0.15, 0.2) is 18.2 Å². The molecule has 1 aromatic carbocycles. The number of halogens is 2. The Hall–Kier alpha value is -1.60. The number of alkyl halides is 1. The van der Waals surface area contributed by atoms with Crippen LogP contribution in [0.25, 0.3) is 0 Å². The second kappa shape index (κ2) is 4.72. The summed E-state index contributed by atoms with van der Waals surface area (Å²) in [5.74, 6) is -0.0906. The van der Waals surface area contributed by atoms with Crippen molar-refractivity contribution in [2.75, 3.05) is 17.3 Å². The van der Waals surface area contributed by atoms with Gasteiger partial charge >= 0.3 is 0 Å². The molecule has 1 saturated heterocycles. The molecule has 17 heavy (non-hydrogen) atoms. The topological polar surface area (TPSA) is 44.1 Å². The predicted octanol–water partition coefficient (Wildman–Crippen LogP) is 2.29. The molecule has 1 aliphatic rings. The molecule has 0 spiro atoms. The Morgan fingerprint density at radius 2 is 2.29 bits per heavy atom. The van der Waals surface area contributed by atoms with E-state index in [9.17, 15) is 9.18 Å². The maximum absolute atomic E-state index is 13.3. The zero-order chi connectivity index (χ0) is 12.4. The van der Waals surface area contributed by atoms with E-state index in [0.29, 0.717) is 24.5 Å². The van der Waals surface area contributed by atoms with Gasteiger partial charge < -0.3 is 4.90 Å². The summed E-state index contributed by atoms with van der Waals surface area (Å²) in [5, 5.41) is 8.75. The van der Waals surface area contributed by atoms with Gasteiger partial charge in [-0.1, -0.05) is 0 Å². The maximum Gasteiger partial charge on any atom is 0.227 e. The van der Waals surface area contributed by atoms with E-state index in [2.05, 4.69) is 0 Å². The number of hydrogen-bond acceptors (Lipinski definition) is 2. The lowest BCUT2D eigenvalue weighted by Crippen LogP contribution is -2.24. The first-order valence-electron chi connectivity index (χ1n) is 5.21. The first kappa shape index (κ1) is 11.9. The van der Waals surface area contributed by atoms with Crippen LogP contribution in [0.4, 0.5) is 10.1 Å². The van der Waals surface area contributed by atoms with Crippen molar-refractivity contribution in [1.29, 1.82) is 5.26 Å². The van der Waals surface area contributed by atoms with Gasteiger partial charge in [-0.15, -0.1) is 11.6 Å². The van der Waals surface area contributed by atoms with Crippen LogP contribution in [0.5, 0.6) is 0 Å². The molecule has 1 heterocycles. The van der Waals surface area contributed by atoms with Gasteiger partial charge in [0.15, 0.2) is 0 Å². The Morgan fingerprint density at radius 1 is 1.53 bits per heavy atom. The number of rotatable bonds is 2. The van der Waals surface area contributed by atoms with Gasteiger partial charge in [-0.25, -0.2) is 4.39 Å². The largest absolute Gasteiger partial charge is 0.312 e. The highest BCUT2D eigenvalue weighted by atomic mass is 35.5. The minimum atomic E-state index is -0.513. The molecule has 0 radical (unpaired) electrons. The van der Waals surface area contributed by atoms with Crippen molar-refractivity contribution in [3.05, 3.63) is 29.6 Å². The summed E-state index contributed by atoms with van der Waals surface area (Å²) in [4.78, 5) is 13.2. The van der Waals surface area contributed by atoms with Crippen molar-refractivity contribution in [3.8, 4) is 6.07 Å². The van der Waals surface area contributed by atoms with Crippen molar-refractivity contribution in [3.63, 3.8) is 0 Å². The first-order chi connectivity index (χ1) is 8.13. The number of benzene rings is 1. The third-order valence-electron chi connectivity index (χ3n) is 2.75. The molecule has 2 rings (SSSR count). The third kappa shape index (κ3) is 2.40. The fourth-order valence-corrected chi connectivity index (χ4v) is 2.14. The lowest BCUT2D eigenvalue weighted by molar-refractivity contribution is -0.117. The van der Waals surface area contributed by atoms with E-state index in [4.69, 9.17) is 16.9 Å². The Labute approximate surface area is 103 Å². The van der Waals surface area contributed by atoms with E-state index in [1.54, 1.807) is 0 Å². The molecule has 3 nitrogen and oxygen atoms in total. The van der Waals surface area contributed by atoms with Crippen LogP contribution in [-0.2, 0) is 4.79 Å². The van der Waals surface area contributed by atoms with Crippen LogP contribution in [-0.4, -0.2) is 18.3 Å². The van der Waals surface area contributed by atoms with Crippen molar-refractivity contribution in [2.24, 2.45) is 5.92 Å². The average Bonchev–Trinajstić information content (AvgIpc) is 2.69. The average molecular weight is 253 g/mol. The highest BCUT2D eigenvalue weighted by Gasteiger charge is 2.30. The molecule has 5 heteroatoms. The molecule has 1 atom stereocenters. The van der Waals surface area contributed by atoms with Gasteiger partial charge in [-0.2, -0.15) is 5.26 Å². The zero-order valence-electron chi connectivity index (χ0n) is 8.99. The number of carbonyl (C=O) groups is 1. The lowest BCUT2D eigenvalue weighted by Gasteiger charge is -2.16. The maximum atomic E-state index is 13.3. The number of hydrogen-bond donors (Lipinski definition) is 0. The zero-order valence-corrected chi connectivity index (χ0v) is 9.75. The van der Waals surface area contributed by atoms with Crippen LogP contribution in [0, 0.1) is 23.1 Å². The van der Waals surface area contributed by atoms with Crippen LogP contribution in [0.2, 0.25) is 0 Å². The molecule has 1 amide bonds. The van der Waals surface area contributed by atoms with Crippen LogP contribution in [0.1, 0.15) is 12.0 Å². The first-order valence-corrected chi connectivity index (χ1v) is 5.74. The molecule has 0 N–H and O–H groups in total. The highest BCUT2D eigenvalue weighted by molar-refractivity contribution is 6.18. The number of carbonyl (C=O) groups excluding carboxylic acids is 1.